The Kier molecular flexibility index (Phi) is 2.69. The molecule has 2 rings (SSSR count). The number of nitrogens with zero attached hydrogens (tertiary/aromatic N) is 4. The van der Waals surface area contributed by atoms with Crippen LogP contribution in [0.15, 0.2) is 35.9 Å². The number of hydrogen-bond acceptors (Lipinski definition) is 5. The van der Waals surface area contributed by atoms with Crippen molar-refractivity contribution in [3.05, 3.63) is 30.7 Å². The second-order valence-corrected chi connectivity index (χ2v) is 3.34. The van der Waals surface area contributed by atoms with Crippen LogP contribution < -0.4 is 0 Å². The molecule has 0 amide bonds. The smallest absolute Gasteiger partial charge is 0.208 e. The summed E-state index contributed by atoms with van der Waals surface area (Å²) in [5, 5.41) is 8.70. The van der Waals surface area contributed by atoms with E-state index >= 15 is 0 Å². The van der Waals surface area contributed by atoms with E-state index in [0.717, 1.165) is 11.3 Å². The summed E-state index contributed by atoms with van der Waals surface area (Å²) in [5.74, 6) is 0. The Morgan fingerprint density at radius 2 is 1.93 bits per heavy atom. The monoisotopic (exact) mass is 204 g/mol. The summed E-state index contributed by atoms with van der Waals surface area (Å²) in [6.07, 6.45) is 7.08. The van der Waals surface area contributed by atoms with Gasteiger partial charge in [-0.3, -0.25) is 4.98 Å². The number of aromatic nitrogens is 4. The Morgan fingerprint density at radius 3 is 2.50 bits per heavy atom. The Labute approximate surface area is 85.8 Å². The number of rotatable bonds is 2. The van der Waals surface area contributed by atoms with Crippen molar-refractivity contribution in [2.24, 2.45) is 0 Å². The zero-order valence-corrected chi connectivity index (χ0v) is 8.40. The molecule has 2 aromatic rings. The van der Waals surface area contributed by atoms with Crippen LogP contribution in [0, 0.1) is 0 Å². The Bertz CT molecular complexity index is 401. The van der Waals surface area contributed by atoms with Crippen LogP contribution >= 0.6 is 11.8 Å². The molecule has 0 radical (unpaired) electrons. The lowest BCUT2D eigenvalue weighted by molar-refractivity contribution is 0.846. The number of pyridine rings is 1. The fourth-order valence-electron chi connectivity index (χ4n) is 1.01. The zero-order valence-electron chi connectivity index (χ0n) is 7.58. The predicted molar refractivity (Wildman–Crippen MR) is 54.8 cm³/mol. The van der Waals surface area contributed by atoms with Gasteiger partial charge in [0.25, 0.3) is 0 Å². The standard InChI is InChI=1S/C9H8N4S/c1-14-9-11-6-8(12-13-9)7-2-4-10-5-3-7/h2-6H,1H3. The third-order valence-corrected chi connectivity index (χ3v) is 2.25. The van der Waals surface area contributed by atoms with Crippen molar-refractivity contribution in [3.8, 4) is 11.3 Å². The minimum Gasteiger partial charge on any atom is -0.265 e. The maximum Gasteiger partial charge on any atom is 0.208 e. The molecular weight excluding hydrogens is 196 g/mol. The van der Waals surface area contributed by atoms with E-state index in [1.165, 1.54) is 11.8 Å². The highest BCUT2D eigenvalue weighted by Gasteiger charge is 2.00. The fraction of sp³-hybridized carbons (Fsp3) is 0.111. The van der Waals surface area contributed by atoms with Crippen LogP contribution in [-0.2, 0) is 0 Å². The first-order chi connectivity index (χ1) is 6.90. The molecule has 0 aliphatic heterocycles. The average molecular weight is 204 g/mol. The van der Waals surface area contributed by atoms with E-state index in [0.29, 0.717) is 5.16 Å². The van der Waals surface area contributed by atoms with Crippen molar-refractivity contribution in [1.29, 1.82) is 0 Å². The van der Waals surface area contributed by atoms with Gasteiger partial charge in [-0.1, -0.05) is 11.8 Å². The third-order valence-electron chi connectivity index (χ3n) is 1.70. The molecule has 0 saturated carbocycles. The highest BCUT2D eigenvalue weighted by molar-refractivity contribution is 7.98. The van der Waals surface area contributed by atoms with Crippen molar-refractivity contribution in [2.75, 3.05) is 6.26 Å². The first kappa shape index (κ1) is 9.08. The Morgan fingerprint density at radius 1 is 1.14 bits per heavy atom. The maximum absolute atomic E-state index is 4.14. The third kappa shape index (κ3) is 1.88. The molecule has 0 aromatic carbocycles. The van der Waals surface area contributed by atoms with E-state index in [9.17, 15) is 0 Å². The summed E-state index contributed by atoms with van der Waals surface area (Å²) in [6, 6.07) is 3.76. The second-order valence-electron chi connectivity index (χ2n) is 2.57. The summed E-state index contributed by atoms with van der Waals surface area (Å²) < 4.78 is 0. The molecule has 0 saturated heterocycles. The van der Waals surface area contributed by atoms with Crippen LogP contribution in [0.4, 0.5) is 0 Å². The van der Waals surface area contributed by atoms with Gasteiger partial charge >= 0.3 is 0 Å². The van der Waals surface area contributed by atoms with Crippen LogP contribution in [0.1, 0.15) is 0 Å². The SMILES string of the molecule is CSc1ncc(-c2ccncc2)nn1. The lowest BCUT2D eigenvalue weighted by Crippen LogP contribution is -1.92. The molecule has 0 atom stereocenters. The van der Waals surface area contributed by atoms with E-state index in [4.69, 9.17) is 0 Å². The molecule has 4 nitrogen and oxygen atoms in total. The van der Waals surface area contributed by atoms with E-state index in [-0.39, 0.29) is 0 Å². The van der Waals surface area contributed by atoms with Gasteiger partial charge in [-0.25, -0.2) is 4.98 Å². The average Bonchev–Trinajstić information content (AvgIpc) is 2.30. The van der Waals surface area contributed by atoms with Gasteiger partial charge in [0.15, 0.2) is 0 Å². The topological polar surface area (TPSA) is 51.6 Å². The summed E-state index contributed by atoms with van der Waals surface area (Å²) in [4.78, 5) is 8.07. The van der Waals surface area contributed by atoms with E-state index in [2.05, 4.69) is 20.2 Å². The predicted octanol–water partition coefficient (Wildman–Crippen LogP) is 1.66. The van der Waals surface area contributed by atoms with Gasteiger partial charge in [0, 0.05) is 18.0 Å². The van der Waals surface area contributed by atoms with Crippen molar-refractivity contribution < 1.29 is 0 Å². The quantitative estimate of drug-likeness (QED) is 0.696. The molecule has 0 spiro atoms. The minimum absolute atomic E-state index is 0.683. The van der Waals surface area contributed by atoms with E-state index < -0.39 is 0 Å². The van der Waals surface area contributed by atoms with Gasteiger partial charge in [0.2, 0.25) is 5.16 Å². The number of hydrogen-bond donors (Lipinski definition) is 0. The Hall–Kier alpha value is -1.49. The summed E-state index contributed by atoms with van der Waals surface area (Å²) in [6.45, 7) is 0. The lowest BCUT2D eigenvalue weighted by atomic mass is 10.2. The largest absolute Gasteiger partial charge is 0.265 e. The number of thioether (sulfide) groups is 1. The van der Waals surface area contributed by atoms with Crippen molar-refractivity contribution in [1.82, 2.24) is 20.2 Å². The molecule has 0 aliphatic rings. The first-order valence-corrected chi connectivity index (χ1v) is 5.27. The molecule has 70 valence electrons. The molecule has 0 fully saturated rings. The highest BCUT2D eigenvalue weighted by Crippen LogP contribution is 2.14. The second kappa shape index (κ2) is 4.15. The van der Waals surface area contributed by atoms with Crippen LogP contribution in [0.25, 0.3) is 11.3 Å². The van der Waals surface area contributed by atoms with Gasteiger partial charge in [-0.05, 0) is 18.4 Å². The van der Waals surface area contributed by atoms with Gasteiger partial charge in [0.05, 0.1) is 6.20 Å². The first-order valence-electron chi connectivity index (χ1n) is 4.04. The normalized spacial score (nSPS) is 10.1. The molecule has 0 N–H and O–H groups in total. The molecule has 5 heteroatoms. The van der Waals surface area contributed by atoms with Gasteiger partial charge in [-0.2, -0.15) is 0 Å². The lowest BCUT2D eigenvalue weighted by Gasteiger charge is -1.98. The molecule has 14 heavy (non-hydrogen) atoms. The molecular formula is C9H8N4S. The van der Waals surface area contributed by atoms with Crippen molar-refractivity contribution in [2.45, 2.75) is 5.16 Å². The Balaban J connectivity index is 2.34. The van der Waals surface area contributed by atoms with Crippen molar-refractivity contribution >= 4 is 11.8 Å². The fourth-order valence-corrected chi connectivity index (χ4v) is 1.29. The minimum atomic E-state index is 0.683. The van der Waals surface area contributed by atoms with Crippen LogP contribution in [0.5, 0.6) is 0 Å². The maximum atomic E-state index is 4.14. The molecule has 0 aliphatic carbocycles. The van der Waals surface area contributed by atoms with Crippen LogP contribution in [0.3, 0.4) is 0 Å². The highest BCUT2D eigenvalue weighted by atomic mass is 32.2. The molecule has 2 aromatic heterocycles. The van der Waals surface area contributed by atoms with Gasteiger partial charge in [0.1, 0.15) is 5.69 Å². The van der Waals surface area contributed by atoms with E-state index in [1.807, 2.05) is 18.4 Å². The summed E-state index contributed by atoms with van der Waals surface area (Å²) >= 11 is 1.48. The molecule has 0 unspecified atom stereocenters. The van der Waals surface area contributed by atoms with Gasteiger partial charge < -0.3 is 0 Å². The van der Waals surface area contributed by atoms with Crippen molar-refractivity contribution in [3.63, 3.8) is 0 Å². The zero-order chi connectivity index (χ0) is 9.80. The molecule has 0 bridgehead atoms. The summed E-state index contributed by atoms with van der Waals surface area (Å²) in [5.41, 5.74) is 1.75. The molecule has 2 heterocycles. The van der Waals surface area contributed by atoms with Crippen LogP contribution in [-0.4, -0.2) is 26.4 Å². The van der Waals surface area contributed by atoms with Gasteiger partial charge in [-0.15, -0.1) is 10.2 Å². The summed E-state index contributed by atoms with van der Waals surface area (Å²) in [7, 11) is 0. The van der Waals surface area contributed by atoms with Crippen LogP contribution in [0.2, 0.25) is 0 Å². The van der Waals surface area contributed by atoms with E-state index in [1.54, 1.807) is 18.6 Å².